The summed E-state index contributed by atoms with van der Waals surface area (Å²) in [5.74, 6) is 2.76. The first-order chi connectivity index (χ1) is 15.6. The van der Waals surface area contributed by atoms with Gasteiger partial charge in [-0.15, -0.1) is 0 Å². The fraction of sp³-hybridized carbons (Fsp3) is 0.750. The van der Waals surface area contributed by atoms with Crippen LogP contribution in [0.1, 0.15) is 71.8 Å². The lowest BCUT2D eigenvalue weighted by molar-refractivity contribution is -0.238. The van der Waals surface area contributed by atoms with Gasteiger partial charge in [0.05, 0.1) is 23.5 Å². The lowest BCUT2D eigenvalue weighted by atomic mass is 9.36. The fourth-order valence-electron chi connectivity index (χ4n) is 8.20. The van der Waals surface area contributed by atoms with Gasteiger partial charge in [0.2, 0.25) is 5.91 Å². The summed E-state index contributed by atoms with van der Waals surface area (Å²) in [5, 5.41) is 12.2. The Morgan fingerprint density at radius 3 is 2.58 bits per heavy atom. The number of ether oxygens (including phenoxy) is 2. The molecule has 2 aliphatic heterocycles. The summed E-state index contributed by atoms with van der Waals surface area (Å²) in [4.78, 5) is 16.9. The second-order valence-corrected chi connectivity index (χ2v) is 12.7. The van der Waals surface area contributed by atoms with Crippen molar-refractivity contribution in [2.24, 2.45) is 28.6 Å². The molecular weight excluding hydrogens is 414 g/mol. The number of hydrogen-bond donors (Lipinski definition) is 1. The van der Waals surface area contributed by atoms with Crippen molar-refractivity contribution >= 4 is 5.91 Å². The Bertz CT molecular complexity index is 992. The molecule has 6 aliphatic rings. The zero-order chi connectivity index (χ0) is 23.4. The molecule has 0 aromatic heterocycles. The van der Waals surface area contributed by atoms with E-state index in [1.165, 1.54) is 12.8 Å². The Hall–Kier alpha value is -1.75. The van der Waals surface area contributed by atoms with Crippen molar-refractivity contribution in [2.45, 2.75) is 83.3 Å². The number of aliphatic hydroxyl groups is 1. The maximum Gasteiger partial charge on any atom is 0.230 e. The van der Waals surface area contributed by atoms with E-state index in [0.29, 0.717) is 11.8 Å². The van der Waals surface area contributed by atoms with E-state index in [9.17, 15) is 9.90 Å². The predicted molar refractivity (Wildman–Crippen MR) is 126 cm³/mol. The molecule has 1 N–H and O–H groups in total. The third-order valence-electron chi connectivity index (χ3n) is 10.5. The van der Waals surface area contributed by atoms with Crippen molar-refractivity contribution in [2.75, 3.05) is 20.2 Å². The highest BCUT2D eigenvalue weighted by molar-refractivity contribution is 5.88. The lowest BCUT2D eigenvalue weighted by Crippen LogP contribution is -2.77. The van der Waals surface area contributed by atoms with E-state index in [-0.39, 0.29) is 23.3 Å². The number of carbonyl (C=O) groups excluding carboxylic acids is 1. The third kappa shape index (κ3) is 2.55. The number of amides is 1. The average molecular weight is 454 g/mol. The molecule has 0 radical (unpaired) electrons. The molecule has 2 bridgehead atoms. The summed E-state index contributed by atoms with van der Waals surface area (Å²) in [5.41, 5.74) is -1.20. The number of methoxy groups -OCH3 is 1. The second-order valence-electron chi connectivity index (χ2n) is 12.7. The quantitative estimate of drug-likeness (QED) is 0.727. The van der Waals surface area contributed by atoms with Crippen LogP contribution in [0.3, 0.4) is 0 Å². The molecule has 5 nitrogen and oxygen atoms in total. The molecule has 6 unspecified atom stereocenters. The minimum absolute atomic E-state index is 0.0170. The van der Waals surface area contributed by atoms with Crippen LogP contribution in [-0.4, -0.2) is 47.8 Å². The largest absolute Gasteiger partial charge is 0.493 e. The van der Waals surface area contributed by atoms with Crippen LogP contribution in [0.5, 0.6) is 11.5 Å². The van der Waals surface area contributed by atoms with Crippen LogP contribution in [-0.2, 0) is 10.2 Å². The van der Waals surface area contributed by atoms with Gasteiger partial charge in [0.25, 0.3) is 0 Å². The van der Waals surface area contributed by atoms with Crippen LogP contribution in [0.2, 0.25) is 0 Å². The molecule has 5 fully saturated rings. The van der Waals surface area contributed by atoms with Crippen LogP contribution in [0, 0.1) is 28.6 Å². The summed E-state index contributed by atoms with van der Waals surface area (Å²) in [7, 11) is 1.69. The summed E-state index contributed by atoms with van der Waals surface area (Å²) >= 11 is 0. The van der Waals surface area contributed by atoms with Crippen LogP contribution in [0.4, 0.5) is 0 Å². The Kier molecular flexibility index (Phi) is 4.40. The van der Waals surface area contributed by atoms with Crippen molar-refractivity contribution in [1.82, 2.24) is 4.90 Å². The molecule has 180 valence electrons. The first-order valence-corrected chi connectivity index (χ1v) is 12.9. The Morgan fingerprint density at radius 1 is 1.15 bits per heavy atom. The average Bonchev–Trinajstić information content (AvgIpc) is 3.53. The fourth-order valence-corrected chi connectivity index (χ4v) is 8.20. The minimum atomic E-state index is -0.969. The topological polar surface area (TPSA) is 59.0 Å². The van der Waals surface area contributed by atoms with Gasteiger partial charge in [-0.3, -0.25) is 4.79 Å². The van der Waals surface area contributed by atoms with Crippen molar-refractivity contribution in [1.29, 1.82) is 0 Å². The number of rotatable bonds is 4. The molecular formula is C28H39NO4. The van der Waals surface area contributed by atoms with Gasteiger partial charge in [0.1, 0.15) is 6.10 Å². The number of fused-ring (bicyclic) bond motifs is 3. The van der Waals surface area contributed by atoms with Crippen LogP contribution in [0.25, 0.3) is 0 Å². The van der Waals surface area contributed by atoms with Crippen molar-refractivity contribution in [3.63, 3.8) is 0 Å². The summed E-state index contributed by atoms with van der Waals surface area (Å²) in [6, 6.07) is 6.19. The molecule has 2 heterocycles. The van der Waals surface area contributed by atoms with Crippen molar-refractivity contribution in [3.8, 4) is 11.5 Å². The standard InChI is InChI=1S/C28H39NO4/c1-25(2,3)26(4,31)21-15-18-11-12-28(21)24(30)29(16-17-9-10-17)14-13-27(28)19-7-6-8-20(32-5)22(19)33-23(18)27/h6-8,17-18,21,23,31H,9-16H2,1-5H3. The highest BCUT2D eigenvalue weighted by atomic mass is 16.5. The van der Waals surface area contributed by atoms with E-state index in [1.54, 1.807) is 7.11 Å². The number of nitrogens with zero attached hydrogens (tertiary/aromatic N) is 1. The number of carbonyl (C=O) groups is 1. The highest BCUT2D eigenvalue weighted by Crippen LogP contribution is 2.74. The predicted octanol–water partition coefficient (Wildman–Crippen LogP) is 4.55. The number of likely N-dealkylation sites (tertiary alicyclic amines) is 1. The van der Waals surface area contributed by atoms with E-state index in [4.69, 9.17) is 9.47 Å². The van der Waals surface area contributed by atoms with Gasteiger partial charge < -0.3 is 19.5 Å². The van der Waals surface area contributed by atoms with Gasteiger partial charge >= 0.3 is 0 Å². The van der Waals surface area contributed by atoms with Crippen LogP contribution >= 0.6 is 0 Å². The molecule has 5 heteroatoms. The van der Waals surface area contributed by atoms with Crippen molar-refractivity contribution < 1.29 is 19.4 Å². The molecule has 4 aliphatic carbocycles. The van der Waals surface area contributed by atoms with E-state index in [2.05, 4.69) is 31.7 Å². The Labute approximate surface area is 197 Å². The number of benzene rings is 1. The van der Waals surface area contributed by atoms with E-state index in [1.807, 2.05) is 19.1 Å². The molecule has 33 heavy (non-hydrogen) atoms. The first kappa shape index (κ1) is 21.8. The van der Waals surface area contributed by atoms with Gasteiger partial charge in [-0.1, -0.05) is 32.9 Å². The minimum Gasteiger partial charge on any atom is -0.493 e. The summed E-state index contributed by atoms with van der Waals surface area (Å²) in [6.07, 6.45) is 6.03. The third-order valence-corrected chi connectivity index (χ3v) is 10.5. The van der Waals surface area contributed by atoms with E-state index < -0.39 is 16.4 Å². The molecule has 1 saturated heterocycles. The monoisotopic (exact) mass is 453 g/mol. The van der Waals surface area contributed by atoms with Crippen LogP contribution < -0.4 is 9.47 Å². The summed E-state index contributed by atoms with van der Waals surface area (Å²) in [6.45, 7) is 10.0. The summed E-state index contributed by atoms with van der Waals surface area (Å²) < 4.78 is 12.5. The van der Waals surface area contributed by atoms with Gasteiger partial charge in [-0.25, -0.2) is 0 Å². The maximum absolute atomic E-state index is 14.7. The van der Waals surface area contributed by atoms with Crippen molar-refractivity contribution in [3.05, 3.63) is 23.8 Å². The zero-order valence-electron chi connectivity index (χ0n) is 20.8. The molecule has 1 aromatic carbocycles. The lowest BCUT2D eigenvalue weighted by Gasteiger charge is -2.69. The van der Waals surface area contributed by atoms with E-state index >= 15 is 0 Å². The normalized spacial score (nSPS) is 38.8. The molecule has 6 atom stereocenters. The second kappa shape index (κ2) is 6.68. The van der Waals surface area contributed by atoms with Gasteiger partial charge in [0, 0.05) is 24.6 Å². The molecule has 7 rings (SSSR count). The SMILES string of the molecule is COc1cccc2c1OC1C3CCC4(C(=O)N(CC5CC5)CCC214)C(C(C)(O)C(C)(C)C)C3. The molecule has 1 amide bonds. The van der Waals surface area contributed by atoms with Gasteiger partial charge in [-0.05, 0) is 68.8 Å². The Balaban J connectivity index is 1.58. The van der Waals surface area contributed by atoms with Gasteiger partial charge in [0.15, 0.2) is 11.5 Å². The molecule has 4 saturated carbocycles. The van der Waals surface area contributed by atoms with Gasteiger partial charge in [-0.2, -0.15) is 0 Å². The maximum atomic E-state index is 14.7. The number of piperidine rings is 1. The number of hydrogen-bond acceptors (Lipinski definition) is 4. The molecule has 2 spiro atoms. The van der Waals surface area contributed by atoms with E-state index in [0.717, 1.165) is 55.8 Å². The highest BCUT2D eigenvalue weighted by Gasteiger charge is 2.78. The zero-order valence-corrected chi connectivity index (χ0v) is 20.8. The smallest absolute Gasteiger partial charge is 0.230 e. The first-order valence-electron chi connectivity index (χ1n) is 12.9. The Morgan fingerprint density at radius 2 is 1.91 bits per heavy atom. The number of para-hydroxylation sites is 1. The van der Waals surface area contributed by atoms with Crippen LogP contribution in [0.15, 0.2) is 18.2 Å². The molecule has 1 aromatic rings.